The number of rotatable bonds is 5. The van der Waals surface area contributed by atoms with E-state index < -0.39 is 32.8 Å². The van der Waals surface area contributed by atoms with E-state index in [0.717, 1.165) is 5.56 Å². The minimum absolute atomic E-state index is 0.0583. The largest absolute Gasteiger partial charge is 0.324 e. The topological polar surface area (TPSA) is 127 Å². The third-order valence-corrected chi connectivity index (χ3v) is 6.23. The van der Waals surface area contributed by atoms with E-state index in [4.69, 9.17) is 0 Å². The van der Waals surface area contributed by atoms with Gasteiger partial charge in [0, 0.05) is 24.2 Å². The standard InChI is InChI=1S/C18H17N3O6S/c1-12-2-8-15(9-3-12)28(26,27)20-16(10-11-17(20)22)18(23)19-13-4-6-14(7-5-13)21(24)25/h2-9,16H,10-11H2,1H3,(H,19,23)/t16-/m1/s1. The molecule has 10 heteroatoms. The van der Waals surface area contributed by atoms with Crippen LogP contribution in [0, 0.1) is 17.0 Å². The van der Waals surface area contributed by atoms with Gasteiger partial charge in [0.05, 0.1) is 9.82 Å². The number of non-ortho nitro benzene ring substituents is 1. The summed E-state index contributed by atoms with van der Waals surface area (Å²) in [6.45, 7) is 1.80. The summed E-state index contributed by atoms with van der Waals surface area (Å²) < 4.78 is 26.4. The average Bonchev–Trinajstić information content (AvgIpc) is 3.05. The normalized spacial score (nSPS) is 16.8. The molecule has 1 N–H and O–H groups in total. The van der Waals surface area contributed by atoms with Crippen molar-refractivity contribution in [2.45, 2.75) is 30.7 Å². The molecular formula is C18H17N3O6S. The second-order valence-corrected chi connectivity index (χ2v) is 8.17. The van der Waals surface area contributed by atoms with Crippen LogP contribution in [0.4, 0.5) is 11.4 Å². The molecule has 0 bridgehead atoms. The van der Waals surface area contributed by atoms with Crippen LogP contribution in [0.5, 0.6) is 0 Å². The molecule has 2 aromatic carbocycles. The molecule has 0 aromatic heterocycles. The highest BCUT2D eigenvalue weighted by Crippen LogP contribution is 2.28. The van der Waals surface area contributed by atoms with E-state index in [-0.39, 0.29) is 29.1 Å². The van der Waals surface area contributed by atoms with E-state index in [1.165, 1.54) is 36.4 Å². The third kappa shape index (κ3) is 3.72. The lowest BCUT2D eigenvalue weighted by Gasteiger charge is -2.23. The van der Waals surface area contributed by atoms with Crippen LogP contribution in [0.15, 0.2) is 53.4 Å². The number of anilines is 1. The summed E-state index contributed by atoms with van der Waals surface area (Å²) >= 11 is 0. The van der Waals surface area contributed by atoms with Crippen molar-refractivity contribution in [2.24, 2.45) is 0 Å². The second-order valence-electron chi connectivity index (χ2n) is 6.36. The fraction of sp³-hybridized carbons (Fsp3) is 0.222. The van der Waals surface area contributed by atoms with E-state index in [2.05, 4.69) is 5.32 Å². The number of carbonyl (C=O) groups excluding carboxylic acids is 2. The Hall–Kier alpha value is -3.27. The summed E-state index contributed by atoms with van der Waals surface area (Å²) in [4.78, 5) is 34.9. The second kappa shape index (κ2) is 7.39. The van der Waals surface area contributed by atoms with Crippen LogP contribution in [0.2, 0.25) is 0 Å². The van der Waals surface area contributed by atoms with Gasteiger partial charge in [-0.05, 0) is 37.6 Å². The molecule has 1 saturated heterocycles. The van der Waals surface area contributed by atoms with Crippen molar-refractivity contribution in [1.82, 2.24) is 4.31 Å². The van der Waals surface area contributed by atoms with Gasteiger partial charge in [-0.2, -0.15) is 0 Å². The first-order chi connectivity index (χ1) is 13.2. The van der Waals surface area contributed by atoms with Crippen LogP contribution in [-0.4, -0.2) is 35.5 Å². The first kappa shape index (κ1) is 19.5. The fourth-order valence-electron chi connectivity index (χ4n) is 2.92. The summed E-state index contributed by atoms with van der Waals surface area (Å²) in [6, 6.07) is 9.93. The monoisotopic (exact) mass is 403 g/mol. The quantitative estimate of drug-likeness (QED) is 0.602. The van der Waals surface area contributed by atoms with Crippen molar-refractivity contribution < 1.29 is 22.9 Å². The maximum atomic E-state index is 12.9. The van der Waals surface area contributed by atoms with Gasteiger partial charge in [0.2, 0.25) is 11.8 Å². The number of hydrogen-bond acceptors (Lipinski definition) is 6. The molecule has 3 rings (SSSR count). The highest BCUT2D eigenvalue weighted by Gasteiger charge is 2.44. The Balaban J connectivity index is 1.84. The van der Waals surface area contributed by atoms with E-state index in [9.17, 15) is 28.1 Å². The molecule has 0 spiro atoms. The zero-order valence-corrected chi connectivity index (χ0v) is 15.7. The predicted molar refractivity (Wildman–Crippen MR) is 100.0 cm³/mol. The highest BCUT2D eigenvalue weighted by atomic mass is 32.2. The van der Waals surface area contributed by atoms with Gasteiger partial charge in [0.25, 0.3) is 15.7 Å². The highest BCUT2D eigenvalue weighted by molar-refractivity contribution is 7.89. The van der Waals surface area contributed by atoms with E-state index >= 15 is 0 Å². The Bertz CT molecular complexity index is 1030. The number of nitrogens with zero attached hydrogens (tertiary/aromatic N) is 2. The van der Waals surface area contributed by atoms with Gasteiger partial charge < -0.3 is 5.32 Å². The lowest BCUT2D eigenvalue weighted by molar-refractivity contribution is -0.384. The molecule has 0 radical (unpaired) electrons. The maximum absolute atomic E-state index is 12.9. The fourth-order valence-corrected chi connectivity index (χ4v) is 4.52. The molecule has 0 aliphatic carbocycles. The Morgan fingerprint density at radius 3 is 2.32 bits per heavy atom. The number of sulfonamides is 1. The molecule has 1 atom stereocenters. The Morgan fingerprint density at radius 1 is 1.14 bits per heavy atom. The molecule has 2 amide bonds. The van der Waals surface area contributed by atoms with Gasteiger partial charge in [-0.1, -0.05) is 17.7 Å². The summed E-state index contributed by atoms with van der Waals surface area (Å²) in [5, 5.41) is 13.2. The zero-order chi connectivity index (χ0) is 20.5. The van der Waals surface area contributed by atoms with Crippen molar-refractivity contribution in [1.29, 1.82) is 0 Å². The molecule has 1 fully saturated rings. The van der Waals surface area contributed by atoms with Gasteiger partial charge in [-0.3, -0.25) is 19.7 Å². The number of carbonyl (C=O) groups is 2. The van der Waals surface area contributed by atoms with Crippen molar-refractivity contribution in [3.63, 3.8) is 0 Å². The molecule has 28 heavy (non-hydrogen) atoms. The Labute approximate surface area is 161 Å². The number of amides is 2. The SMILES string of the molecule is Cc1ccc(S(=O)(=O)N2C(=O)CC[C@@H]2C(=O)Nc2ccc([N+](=O)[O-])cc2)cc1. The van der Waals surface area contributed by atoms with E-state index in [1.54, 1.807) is 19.1 Å². The minimum Gasteiger partial charge on any atom is -0.324 e. The minimum atomic E-state index is -4.18. The van der Waals surface area contributed by atoms with E-state index in [0.29, 0.717) is 4.31 Å². The maximum Gasteiger partial charge on any atom is 0.269 e. The van der Waals surface area contributed by atoms with Crippen LogP contribution in [0.3, 0.4) is 0 Å². The van der Waals surface area contributed by atoms with Crippen LogP contribution in [0.25, 0.3) is 0 Å². The van der Waals surface area contributed by atoms with E-state index in [1.807, 2.05) is 0 Å². The smallest absolute Gasteiger partial charge is 0.269 e. The van der Waals surface area contributed by atoms with Crippen molar-refractivity contribution in [2.75, 3.05) is 5.32 Å². The number of hydrogen-bond donors (Lipinski definition) is 1. The van der Waals surface area contributed by atoms with Gasteiger partial charge in [-0.15, -0.1) is 0 Å². The molecular weight excluding hydrogens is 386 g/mol. The Kier molecular flexibility index (Phi) is 5.14. The molecule has 2 aromatic rings. The van der Waals surface area contributed by atoms with Crippen LogP contribution in [-0.2, 0) is 19.6 Å². The first-order valence-corrected chi connectivity index (χ1v) is 9.83. The molecule has 0 saturated carbocycles. The van der Waals surface area contributed by atoms with Crippen LogP contribution >= 0.6 is 0 Å². The summed E-state index contributed by atoms with van der Waals surface area (Å²) in [5.41, 5.74) is 0.986. The molecule has 1 aliphatic heterocycles. The lowest BCUT2D eigenvalue weighted by Crippen LogP contribution is -2.45. The predicted octanol–water partition coefficient (Wildman–Crippen LogP) is 2.22. The van der Waals surface area contributed by atoms with Gasteiger partial charge in [0.15, 0.2) is 0 Å². The van der Waals surface area contributed by atoms with Crippen molar-refractivity contribution in [3.05, 3.63) is 64.2 Å². The molecule has 9 nitrogen and oxygen atoms in total. The number of nitro benzene ring substituents is 1. The number of benzene rings is 2. The number of nitrogens with one attached hydrogen (secondary N) is 1. The summed E-state index contributed by atoms with van der Waals surface area (Å²) in [5.74, 6) is -1.32. The first-order valence-electron chi connectivity index (χ1n) is 8.39. The summed E-state index contributed by atoms with van der Waals surface area (Å²) in [7, 11) is -4.18. The number of aryl methyl sites for hydroxylation is 1. The average molecular weight is 403 g/mol. The van der Waals surface area contributed by atoms with Crippen LogP contribution in [0.1, 0.15) is 18.4 Å². The van der Waals surface area contributed by atoms with Crippen molar-refractivity contribution >= 4 is 33.2 Å². The third-order valence-electron chi connectivity index (χ3n) is 4.39. The molecule has 146 valence electrons. The lowest BCUT2D eigenvalue weighted by atomic mass is 10.2. The summed E-state index contributed by atoms with van der Waals surface area (Å²) in [6.07, 6.45) is -0.00776. The molecule has 1 aliphatic rings. The van der Waals surface area contributed by atoms with Crippen LogP contribution < -0.4 is 5.32 Å². The van der Waals surface area contributed by atoms with Gasteiger partial charge in [0.1, 0.15) is 6.04 Å². The van der Waals surface area contributed by atoms with Gasteiger partial charge in [-0.25, -0.2) is 12.7 Å². The molecule has 0 unspecified atom stereocenters. The molecule has 1 heterocycles. The van der Waals surface area contributed by atoms with Gasteiger partial charge >= 0.3 is 0 Å². The van der Waals surface area contributed by atoms with Crippen molar-refractivity contribution in [3.8, 4) is 0 Å². The number of nitro groups is 1. The zero-order valence-electron chi connectivity index (χ0n) is 14.9. The Morgan fingerprint density at radius 2 is 1.75 bits per heavy atom.